The van der Waals surface area contributed by atoms with E-state index in [1.165, 1.54) is 4.88 Å². The van der Waals surface area contributed by atoms with Gasteiger partial charge in [0.25, 0.3) is 0 Å². The van der Waals surface area contributed by atoms with Crippen molar-refractivity contribution in [1.82, 2.24) is 5.32 Å². The molecule has 0 bridgehead atoms. The molecule has 2 aromatic rings. The third-order valence-corrected chi connectivity index (χ3v) is 3.79. The molecule has 0 saturated heterocycles. The SMILES string of the molecule is NC(=NCCc1cccs1)NCCc1cccc(O)c1. The number of rotatable bonds is 6. The van der Waals surface area contributed by atoms with E-state index in [1.807, 2.05) is 18.2 Å². The fourth-order valence-corrected chi connectivity index (χ4v) is 2.54. The summed E-state index contributed by atoms with van der Waals surface area (Å²) in [6.07, 6.45) is 1.72. The zero-order chi connectivity index (χ0) is 14.2. The lowest BCUT2D eigenvalue weighted by Crippen LogP contribution is -2.33. The van der Waals surface area contributed by atoms with E-state index >= 15 is 0 Å². The fraction of sp³-hybridized carbons (Fsp3) is 0.267. The van der Waals surface area contributed by atoms with Crippen molar-refractivity contribution in [2.45, 2.75) is 12.8 Å². The van der Waals surface area contributed by atoms with Crippen molar-refractivity contribution < 1.29 is 5.11 Å². The highest BCUT2D eigenvalue weighted by Gasteiger charge is 1.97. The van der Waals surface area contributed by atoms with Crippen molar-refractivity contribution in [2.24, 2.45) is 10.7 Å². The van der Waals surface area contributed by atoms with E-state index in [1.54, 1.807) is 23.5 Å². The van der Waals surface area contributed by atoms with Gasteiger partial charge >= 0.3 is 0 Å². The second-order valence-electron chi connectivity index (χ2n) is 4.44. The van der Waals surface area contributed by atoms with Gasteiger partial charge in [-0.1, -0.05) is 18.2 Å². The molecule has 0 unspecified atom stereocenters. The minimum absolute atomic E-state index is 0.292. The van der Waals surface area contributed by atoms with Crippen LogP contribution in [-0.2, 0) is 12.8 Å². The van der Waals surface area contributed by atoms with E-state index < -0.39 is 0 Å². The molecule has 1 aromatic carbocycles. The first-order chi connectivity index (χ1) is 9.74. The summed E-state index contributed by atoms with van der Waals surface area (Å²) in [5, 5.41) is 14.5. The molecular formula is C15H19N3OS. The van der Waals surface area contributed by atoms with Gasteiger partial charge in [-0.15, -0.1) is 11.3 Å². The molecular weight excluding hydrogens is 270 g/mol. The van der Waals surface area contributed by atoms with E-state index in [0.29, 0.717) is 24.8 Å². The Hall–Kier alpha value is -2.01. The monoisotopic (exact) mass is 289 g/mol. The number of hydrogen-bond donors (Lipinski definition) is 3. The van der Waals surface area contributed by atoms with E-state index in [0.717, 1.165) is 18.4 Å². The van der Waals surface area contributed by atoms with E-state index in [9.17, 15) is 5.11 Å². The number of phenols is 1. The highest BCUT2D eigenvalue weighted by atomic mass is 32.1. The molecule has 5 heteroatoms. The lowest BCUT2D eigenvalue weighted by molar-refractivity contribution is 0.474. The van der Waals surface area contributed by atoms with Crippen molar-refractivity contribution in [2.75, 3.05) is 13.1 Å². The number of nitrogens with zero attached hydrogens (tertiary/aromatic N) is 1. The Balaban J connectivity index is 1.68. The van der Waals surface area contributed by atoms with Crippen LogP contribution < -0.4 is 11.1 Å². The first kappa shape index (κ1) is 14.4. The number of nitrogens with two attached hydrogens (primary N) is 1. The predicted octanol–water partition coefficient (Wildman–Crippen LogP) is 2.14. The first-order valence-corrected chi connectivity index (χ1v) is 7.46. The van der Waals surface area contributed by atoms with Crippen molar-refractivity contribution >= 4 is 17.3 Å². The summed E-state index contributed by atoms with van der Waals surface area (Å²) < 4.78 is 0. The van der Waals surface area contributed by atoms with Gasteiger partial charge in [-0.2, -0.15) is 0 Å². The molecule has 0 saturated carbocycles. The van der Waals surface area contributed by atoms with Crippen LogP contribution >= 0.6 is 11.3 Å². The summed E-state index contributed by atoms with van der Waals surface area (Å²) >= 11 is 1.74. The molecule has 0 aliphatic carbocycles. The quantitative estimate of drug-likeness (QED) is 0.563. The van der Waals surface area contributed by atoms with E-state index in [4.69, 9.17) is 5.73 Å². The molecule has 1 heterocycles. The Morgan fingerprint density at radius 2 is 2.15 bits per heavy atom. The van der Waals surface area contributed by atoms with Gasteiger partial charge in [0.05, 0.1) is 0 Å². The number of thiophene rings is 1. The molecule has 0 aliphatic heterocycles. The topological polar surface area (TPSA) is 70.6 Å². The Kier molecular flexibility index (Phi) is 5.43. The number of aromatic hydroxyl groups is 1. The second-order valence-corrected chi connectivity index (χ2v) is 5.48. The lowest BCUT2D eigenvalue weighted by Gasteiger charge is -2.06. The zero-order valence-corrected chi connectivity index (χ0v) is 12.1. The van der Waals surface area contributed by atoms with Crippen molar-refractivity contribution in [3.05, 3.63) is 52.2 Å². The summed E-state index contributed by atoms with van der Waals surface area (Å²) in [6.45, 7) is 1.41. The summed E-state index contributed by atoms with van der Waals surface area (Å²) in [7, 11) is 0. The van der Waals surface area contributed by atoms with Gasteiger partial charge < -0.3 is 16.2 Å². The summed E-state index contributed by atoms with van der Waals surface area (Å²) in [5.74, 6) is 0.766. The van der Waals surface area contributed by atoms with Gasteiger partial charge in [0.2, 0.25) is 0 Å². The number of hydrogen-bond acceptors (Lipinski definition) is 3. The number of benzene rings is 1. The van der Waals surface area contributed by atoms with Gasteiger partial charge in [0, 0.05) is 24.4 Å². The number of aliphatic imine (C=N–C) groups is 1. The van der Waals surface area contributed by atoms with Crippen molar-refractivity contribution in [3.8, 4) is 5.75 Å². The largest absolute Gasteiger partial charge is 0.508 e. The van der Waals surface area contributed by atoms with Gasteiger partial charge in [-0.25, -0.2) is 0 Å². The van der Waals surface area contributed by atoms with Gasteiger partial charge in [-0.05, 0) is 35.6 Å². The van der Waals surface area contributed by atoms with Crippen LogP contribution in [0.2, 0.25) is 0 Å². The van der Waals surface area contributed by atoms with Crippen LogP contribution in [0.3, 0.4) is 0 Å². The van der Waals surface area contributed by atoms with Crippen LogP contribution in [0.15, 0.2) is 46.8 Å². The van der Waals surface area contributed by atoms with Crippen molar-refractivity contribution in [3.63, 3.8) is 0 Å². The molecule has 0 aliphatic rings. The van der Waals surface area contributed by atoms with Crippen LogP contribution in [-0.4, -0.2) is 24.2 Å². The maximum absolute atomic E-state index is 9.36. The smallest absolute Gasteiger partial charge is 0.188 e. The Labute approximate surface area is 123 Å². The minimum Gasteiger partial charge on any atom is -0.508 e. The molecule has 20 heavy (non-hydrogen) atoms. The number of phenolic OH excluding ortho intramolecular Hbond substituents is 1. The summed E-state index contributed by atoms with van der Waals surface area (Å²) in [6, 6.07) is 11.4. The highest BCUT2D eigenvalue weighted by molar-refractivity contribution is 7.09. The third kappa shape index (κ3) is 4.93. The molecule has 4 nitrogen and oxygen atoms in total. The molecule has 1 aromatic heterocycles. The number of nitrogens with one attached hydrogen (secondary N) is 1. The van der Waals surface area contributed by atoms with Crippen LogP contribution in [0.25, 0.3) is 0 Å². The minimum atomic E-state index is 0.292. The predicted molar refractivity (Wildman–Crippen MR) is 84.3 cm³/mol. The maximum Gasteiger partial charge on any atom is 0.188 e. The molecule has 0 radical (unpaired) electrons. The zero-order valence-electron chi connectivity index (χ0n) is 11.2. The van der Waals surface area contributed by atoms with Crippen LogP contribution in [0.1, 0.15) is 10.4 Å². The molecule has 2 rings (SSSR count). The van der Waals surface area contributed by atoms with E-state index in [2.05, 4.69) is 21.8 Å². The van der Waals surface area contributed by atoms with Crippen LogP contribution in [0.5, 0.6) is 5.75 Å². The summed E-state index contributed by atoms with van der Waals surface area (Å²) in [5.41, 5.74) is 6.87. The third-order valence-electron chi connectivity index (χ3n) is 2.85. The van der Waals surface area contributed by atoms with Gasteiger partial charge in [0.15, 0.2) is 5.96 Å². The lowest BCUT2D eigenvalue weighted by atomic mass is 10.1. The molecule has 106 valence electrons. The highest BCUT2D eigenvalue weighted by Crippen LogP contribution is 2.11. The van der Waals surface area contributed by atoms with Crippen LogP contribution in [0.4, 0.5) is 0 Å². The normalized spacial score (nSPS) is 11.5. The average molecular weight is 289 g/mol. The van der Waals surface area contributed by atoms with Crippen LogP contribution in [0, 0.1) is 0 Å². The summed E-state index contributed by atoms with van der Waals surface area (Å²) in [4.78, 5) is 5.61. The molecule has 0 amide bonds. The Morgan fingerprint density at radius 3 is 2.90 bits per heavy atom. The fourth-order valence-electron chi connectivity index (χ4n) is 1.84. The van der Waals surface area contributed by atoms with Gasteiger partial charge in [0.1, 0.15) is 5.75 Å². The van der Waals surface area contributed by atoms with Crippen molar-refractivity contribution in [1.29, 1.82) is 0 Å². The second kappa shape index (κ2) is 7.55. The first-order valence-electron chi connectivity index (χ1n) is 6.58. The average Bonchev–Trinajstić information content (AvgIpc) is 2.92. The molecule has 0 spiro atoms. The Morgan fingerprint density at radius 1 is 1.25 bits per heavy atom. The van der Waals surface area contributed by atoms with Gasteiger partial charge in [-0.3, -0.25) is 4.99 Å². The maximum atomic E-state index is 9.36. The molecule has 4 N–H and O–H groups in total. The van der Waals surface area contributed by atoms with E-state index in [-0.39, 0.29) is 0 Å². The molecule has 0 fully saturated rings. The Bertz CT molecular complexity index is 552. The molecule has 0 atom stereocenters. The standard InChI is InChI=1S/C15H19N3OS/c16-15(18-9-7-14-5-2-10-20-14)17-8-6-12-3-1-4-13(19)11-12/h1-5,10-11,19H,6-9H2,(H3,16,17,18). The number of guanidine groups is 1.